The minimum absolute atomic E-state index is 0.346. The zero-order chi connectivity index (χ0) is 34.3. The second-order valence-corrected chi connectivity index (χ2v) is 19.7. The Bertz CT molecular complexity index is 2240. The number of ether oxygens (including phenoxy) is 1. The van der Waals surface area contributed by atoms with Crippen molar-refractivity contribution in [3.8, 4) is 16.9 Å². The van der Waals surface area contributed by atoms with Gasteiger partial charge in [0.2, 0.25) is 0 Å². The maximum absolute atomic E-state index is 5.98. The summed E-state index contributed by atoms with van der Waals surface area (Å²) in [6.07, 6.45) is 0. The molecular formula is C43H32Cl2OP2RuS. The molecule has 0 aliphatic carbocycles. The molecule has 0 unspecified atom stereocenters. The van der Waals surface area contributed by atoms with Gasteiger partial charge >= 0.3 is 34.5 Å². The molecule has 50 heavy (non-hydrogen) atoms. The van der Waals surface area contributed by atoms with Crippen molar-refractivity contribution in [2.45, 2.75) is 0 Å². The standard InChI is InChI=1S/C43H32OP2S.2ClH.Ru/c1-44-32-27-28-39(45(33-17-6-2-7-18-33)34-19-8-3-9-20-34)38(30-32)42-41-37-25-15-14-16-31(37)26-29-40(41)47-43(42)46(35-21-10-4-11-22-35)36-23-12-5-13-24-36;;;/h2-30H,1H3;2*1H;/q;;;+2/p-2. The minimum atomic E-state index is -0.871. The number of benzene rings is 7. The van der Waals surface area contributed by atoms with E-state index in [0.29, 0.717) is 0 Å². The van der Waals surface area contributed by atoms with Crippen LogP contribution in [-0.4, -0.2) is 7.11 Å². The fourth-order valence-electron chi connectivity index (χ4n) is 6.42. The molecule has 0 saturated carbocycles. The molecule has 0 aliphatic rings. The third kappa shape index (κ3) is 7.33. The molecule has 1 heterocycles. The molecule has 8 aromatic rings. The van der Waals surface area contributed by atoms with Crippen LogP contribution in [0.5, 0.6) is 5.75 Å². The van der Waals surface area contributed by atoms with Crippen molar-refractivity contribution >= 4 is 98.6 Å². The molecule has 0 bridgehead atoms. The summed E-state index contributed by atoms with van der Waals surface area (Å²) in [4.78, 5) is 0. The average molecular weight is 831 g/mol. The summed E-state index contributed by atoms with van der Waals surface area (Å²) in [6.45, 7) is 0. The van der Waals surface area contributed by atoms with Crippen LogP contribution in [0.15, 0.2) is 176 Å². The summed E-state index contributed by atoms with van der Waals surface area (Å²) < 4.78 is 8.71. The van der Waals surface area contributed by atoms with Crippen LogP contribution in [0.1, 0.15) is 0 Å². The molecular weight excluding hydrogens is 798 g/mol. The molecule has 0 radical (unpaired) electrons. The second kappa shape index (κ2) is 16.8. The molecule has 248 valence electrons. The Labute approximate surface area is 316 Å². The summed E-state index contributed by atoms with van der Waals surface area (Å²) in [5, 5.41) is 10.6. The van der Waals surface area contributed by atoms with Crippen molar-refractivity contribution in [3.63, 3.8) is 0 Å². The van der Waals surface area contributed by atoms with Gasteiger partial charge in [-0.2, -0.15) is 0 Å². The fourth-order valence-corrected chi connectivity index (χ4v) is 13.3. The van der Waals surface area contributed by atoms with Crippen LogP contribution in [0.2, 0.25) is 0 Å². The number of rotatable bonds is 8. The first-order chi connectivity index (χ1) is 24.7. The van der Waals surface area contributed by atoms with E-state index < -0.39 is 15.8 Å². The first-order valence-corrected chi connectivity index (χ1v) is 24.0. The van der Waals surface area contributed by atoms with E-state index >= 15 is 0 Å². The van der Waals surface area contributed by atoms with E-state index in [0.717, 1.165) is 5.75 Å². The molecule has 0 atom stereocenters. The molecule has 7 aromatic carbocycles. The van der Waals surface area contributed by atoms with Gasteiger partial charge in [0, 0.05) is 20.3 Å². The SMILES string of the molecule is COc1ccc(P(c2ccccc2)c2ccccc2)c(-c2c(P(c3ccccc3)c3ccccc3)sc3ccc4ccccc4c23)c1.[Cl][Ru][Cl]. The van der Waals surface area contributed by atoms with Crippen molar-refractivity contribution in [3.05, 3.63) is 176 Å². The van der Waals surface area contributed by atoms with E-state index in [1.165, 1.54) is 63.1 Å². The zero-order valence-electron chi connectivity index (χ0n) is 27.1. The molecule has 0 amide bonds. The van der Waals surface area contributed by atoms with E-state index in [1.807, 2.05) is 11.3 Å². The van der Waals surface area contributed by atoms with Crippen LogP contribution in [0, 0.1) is 0 Å². The van der Waals surface area contributed by atoms with Crippen LogP contribution in [0.4, 0.5) is 0 Å². The van der Waals surface area contributed by atoms with Gasteiger partial charge in [0.15, 0.2) is 0 Å². The van der Waals surface area contributed by atoms with Crippen molar-refractivity contribution in [2.24, 2.45) is 0 Å². The molecule has 0 aliphatic heterocycles. The van der Waals surface area contributed by atoms with Crippen LogP contribution in [0.25, 0.3) is 32.0 Å². The molecule has 0 N–H and O–H groups in total. The van der Waals surface area contributed by atoms with Gasteiger partial charge in [-0.1, -0.05) is 152 Å². The third-order valence-corrected chi connectivity index (χ3v) is 15.1. The first-order valence-electron chi connectivity index (χ1n) is 16.0. The van der Waals surface area contributed by atoms with E-state index in [2.05, 4.69) is 176 Å². The zero-order valence-corrected chi connectivity index (χ0v) is 32.9. The molecule has 0 spiro atoms. The fraction of sp³-hybridized carbons (Fsp3) is 0.0233. The van der Waals surface area contributed by atoms with Gasteiger partial charge in [-0.25, -0.2) is 0 Å². The Balaban J connectivity index is 0.00000126. The van der Waals surface area contributed by atoms with Crippen LogP contribution >= 0.6 is 46.6 Å². The van der Waals surface area contributed by atoms with Crippen molar-refractivity contribution in [1.82, 2.24) is 0 Å². The number of fused-ring (bicyclic) bond motifs is 3. The summed E-state index contributed by atoms with van der Waals surface area (Å²) in [6, 6.07) is 64.4. The number of halogens is 2. The third-order valence-electron chi connectivity index (χ3n) is 8.54. The van der Waals surface area contributed by atoms with Crippen molar-refractivity contribution in [1.29, 1.82) is 0 Å². The van der Waals surface area contributed by atoms with Gasteiger partial charge in [-0.05, 0) is 83.0 Å². The molecule has 0 fully saturated rings. The van der Waals surface area contributed by atoms with Crippen LogP contribution < -0.4 is 35.9 Å². The average Bonchev–Trinajstić information content (AvgIpc) is 3.56. The Morgan fingerprint density at radius 1 is 0.540 bits per heavy atom. The predicted octanol–water partition coefficient (Wildman–Crippen LogP) is 10.6. The predicted molar refractivity (Wildman–Crippen MR) is 220 cm³/mol. The number of thiophene rings is 1. The first kappa shape index (κ1) is 35.0. The van der Waals surface area contributed by atoms with Gasteiger partial charge in [0.1, 0.15) is 5.75 Å². The van der Waals surface area contributed by atoms with Crippen molar-refractivity contribution < 1.29 is 19.9 Å². The second-order valence-electron chi connectivity index (χ2n) is 11.4. The van der Waals surface area contributed by atoms with Gasteiger partial charge in [0.05, 0.1) is 7.11 Å². The van der Waals surface area contributed by atoms with E-state index in [1.54, 1.807) is 7.11 Å². The van der Waals surface area contributed by atoms with E-state index in [9.17, 15) is 0 Å². The summed E-state index contributed by atoms with van der Waals surface area (Å²) in [5.41, 5.74) is 2.58. The summed E-state index contributed by atoms with van der Waals surface area (Å²) >= 11 is 1.61. The molecule has 1 nitrogen and oxygen atoms in total. The van der Waals surface area contributed by atoms with E-state index in [-0.39, 0.29) is 15.1 Å². The van der Waals surface area contributed by atoms with Gasteiger partial charge in [-0.3, -0.25) is 0 Å². The van der Waals surface area contributed by atoms with Gasteiger partial charge < -0.3 is 4.74 Å². The molecule has 0 saturated heterocycles. The maximum atomic E-state index is 5.98. The number of hydrogen-bond donors (Lipinski definition) is 0. The number of hydrogen-bond acceptors (Lipinski definition) is 2. The van der Waals surface area contributed by atoms with Crippen LogP contribution in [0.3, 0.4) is 0 Å². The quantitative estimate of drug-likeness (QED) is 0.110. The molecule has 1 aromatic heterocycles. The Morgan fingerprint density at radius 2 is 1.02 bits per heavy atom. The van der Waals surface area contributed by atoms with E-state index in [4.69, 9.17) is 24.1 Å². The summed E-state index contributed by atoms with van der Waals surface area (Å²) in [5.74, 6) is 0.870. The molecule has 7 heteroatoms. The summed E-state index contributed by atoms with van der Waals surface area (Å²) in [7, 11) is 9.75. The van der Waals surface area contributed by atoms with Crippen molar-refractivity contribution in [2.75, 3.05) is 7.11 Å². The Morgan fingerprint density at radius 3 is 1.54 bits per heavy atom. The Hall–Kier alpha value is -3.38. The van der Waals surface area contributed by atoms with Gasteiger partial charge in [-0.15, -0.1) is 11.3 Å². The monoisotopic (exact) mass is 830 g/mol. The van der Waals surface area contributed by atoms with Crippen LogP contribution in [-0.2, 0) is 15.1 Å². The Kier molecular flexibility index (Phi) is 11.7. The topological polar surface area (TPSA) is 9.23 Å². The van der Waals surface area contributed by atoms with Gasteiger partial charge in [0.25, 0.3) is 0 Å². The normalized spacial score (nSPS) is 11.2. The molecule has 8 rings (SSSR count). The number of methoxy groups -OCH3 is 1.